The Hall–Kier alpha value is -2.93. The van der Waals surface area contributed by atoms with E-state index in [2.05, 4.69) is 48.0 Å². The van der Waals surface area contributed by atoms with E-state index in [1.807, 2.05) is 24.3 Å². The number of carbonyl (C=O) groups is 1. The van der Waals surface area contributed by atoms with Crippen LogP contribution in [0.15, 0.2) is 53.7 Å². The van der Waals surface area contributed by atoms with Gasteiger partial charge in [0.1, 0.15) is 11.5 Å². The Morgan fingerprint density at radius 3 is 2.11 bits per heavy atom. The second kappa shape index (κ2) is 15.4. The lowest BCUT2D eigenvalue weighted by atomic mass is 10.0. The summed E-state index contributed by atoms with van der Waals surface area (Å²) in [7, 11) is 3.36. The lowest BCUT2D eigenvalue weighted by Crippen LogP contribution is -2.24. The Morgan fingerprint density at radius 2 is 1.51 bits per heavy atom. The summed E-state index contributed by atoms with van der Waals surface area (Å²) in [5.74, 6) is 2.64. The van der Waals surface area contributed by atoms with Crippen molar-refractivity contribution in [2.24, 2.45) is 0 Å². The van der Waals surface area contributed by atoms with Crippen molar-refractivity contribution in [3.05, 3.63) is 48.5 Å². The molecular formula is C30H41N3O3S. The summed E-state index contributed by atoms with van der Waals surface area (Å²) in [5.41, 5.74) is 4.20. The molecule has 0 fully saturated rings. The van der Waals surface area contributed by atoms with Gasteiger partial charge in [-0.15, -0.1) is 0 Å². The highest BCUT2D eigenvalue weighted by Crippen LogP contribution is 2.37. The summed E-state index contributed by atoms with van der Waals surface area (Å²) in [6.07, 6.45) is 7.04. The first kappa shape index (κ1) is 28.6. The van der Waals surface area contributed by atoms with E-state index in [1.54, 1.807) is 26.0 Å². The molecule has 1 heterocycles. The minimum absolute atomic E-state index is 0.145. The third-order valence-corrected chi connectivity index (χ3v) is 7.30. The molecular weight excluding hydrogens is 482 g/mol. The van der Waals surface area contributed by atoms with Gasteiger partial charge in [0.05, 0.1) is 25.6 Å². The number of nitrogens with zero attached hydrogens (tertiary/aromatic N) is 2. The van der Waals surface area contributed by atoms with Crippen LogP contribution in [0.25, 0.3) is 22.5 Å². The summed E-state index contributed by atoms with van der Waals surface area (Å²) < 4.78 is 13.1. The Bertz CT molecular complexity index is 1090. The fourth-order valence-electron chi connectivity index (χ4n) is 4.23. The van der Waals surface area contributed by atoms with E-state index in [0.717, 1.165) is 77.3 Å². The first-order chi connectivity index (χ1) is 18.1. The number of thioether (sulfide) groups is 1. The number of rotatable bonds is 16. The number of unbranched alkanes of at least 4 members (excludes halogenated alkanes) is 3. The van der Waals surface area contributed by atoms with E-state index in [1.165, 1.54) is 19.3 Å². The lowest BCUT2D eigenvalue weighted by molar-refractivity contribution is -0.121. The number of amides is 1. The zero-order chi connectivity index (χ0) is 26.5. The van der Waals surface area contributed by atoms with Crippen LogP contribution in [0.2, 0.25) is 0 Å². The molecule has 0 spiro atoms. The van der Waals surface area contributed by atoms with Crippen molar-refractivity contribution >= 4 is 17.7 Å². The topological polar surface area (TPSA) is 65.4 Å². The van der Waals surface area contributed by atoms with Gasteiger partial charge in [-0.25, -0.2) is 4.98 Å². The molecule has 1 amide bonds. The Morgan fingerprint density at radius 1 is 0.865 bits per heavy atom. The molecule has 0 aliphatic rings. The van der Waals surface area contributed by atoms with Gasteiger partial charge in [0.25, 0.3) is 0 Å². The zero-order valence-corrected chi connectivity index (χ0v) is 23.5. The van der Waals surface area contributed by atoms with Crippen LogP contribution in [0.1, 0.15) is 58.8 Å². The summed E-state index contributed by atoms with van der Waals surface area (Å²) in [6, 6.07) is 16.2. The highest BCUT2D eigenvalue weighted by molar-refractivity contribution is 7.99. The molecule has 3 aromatic rings. The van der Waals surface area contributed by atoms with Gasteiger partial charge < -0.3 is 19.4 Å². The van der Waals surface area contributed by atoms with E-state index in [9.17, 15) is 4.79 Å². The number of methoxy groups -OCH3 is 2. The average molecular weight is 524 g/mol. The SMILES string of the molecule is CCCCCCNC(=O)CCCSc1nc(-c2ccc(OC)cc2)c(-c2ccc(OC)cc2)n1CCC. The van der Waals surface area contributed by atoms with E-state index in [4.69, 9.17) is 14.5 Å². The standard InChI is InChI=1S/C30H41N3O3S/c1-5-7-8-9-20-31-27(34)11-10-22-37-30-32-28(23-12-16-25(35-3)17-13-23)29(33(30)21-6-2)24-14-18-26(36-4)19-15-24/h12-19H,5-11,20-22H2,1-4H3,(H,31,34). The van der Waals surface area contributed by atoms with Crippen molar-refractivity contribution in [2.75, 3.05) is 26.5 Å². The quantitative estimate of drug-likeness (QED) is 0.159. The maximum Gasteiger partial charge on any atom is 0.220 e. The molecule has 0 bridgehead atoms. The highest BCUT2D eigenvalue weighted by atomic mass is 32.2. The molecule has 6 nitrogen and oxygen atoms in total. The third kappa shape index (κ3) is 8.29. The predicted molar refractivity (Wildman–Crippen MR) is 154 cm³/mol. The monoisotopic (exact) mass is 523 g/mol. The van der Waals surface area contributed by atoms with E-state index >= 15 is 0 Å². The molecule has 7 heteroatoms. The van der Waals surface area contributed by atoms with Crippen LogP contribution >= 0.6 is 11.8 Å². The summed E-state index contributed by atoms with van der Waals surface area (Å²) in [6.45, 7) is 6.03. The van der Waals surface area contributed by atoms with Gasteiger partial charge >= 0.3 is 0 Å². The fourth-order valence-corrected chi connectivity index (χ4v) is 5.19. The summed E-state index contributed by atoms with van der Waals surface area (Å²) in [5, 5.41) is 4.04. The van der Waals surface area contributed by atoms with Gasteiger partial charge in [0.15, 0.2) is 5.16 Å². The van der Waals surface area contributed by atoms with Gasteiger partial charge in [-0.3, -0.25) is 4.79 Å². The number of hydrogen-bond acceptors (Lipinski definition) is 5. The molecule has 2 aromatic carbocycles. The maximum atomic E-state index is 12.2. The molecule has 0 atom stereocenters. The van der Waals surface area contributed by atoms with Crippen molar-refractivity contribution < 1.29 is 14.3 Å². The lowest BCUT2D eigenvalue weighted by Gasteiger charge is -2.13. The molecule has 37 heavy (non-hydrogen) atoms. The number of carbonyl (C=O) groups excluding carboxylic acids is 1. The molecule has 0 saturated carbocycles. The number of ether oxygens (including phenoxy) is 2. The van der Waals surface area contributed by atoms with Crippen LogP contribution in [0.5, 0.6) is 11.5 Å². The Balaban J connectivity index is 1.78. The molecule has 0 aliphatic carbocycles. The van der Waals surface area contributed by atoms with Crippen LogP contribution in [0.4, 0.5) is 0 Å². The smallest absolute Gasteiger partial charge is 0.220 e. The Labute approximate surface area is 226 Å². The van der Waals surface area contributed by atoms with Gasteiger partial charge in [0, 0.05) is 36.4 Å². The molecule has 200 valence electrons. The van der Waals surface area contributed by atoms with Gasteiger partial charge in [-0.2, -0.15) is 0 Å². The van der Waals surface area contributed by atoms with Crippen LogP contribution in [0.3, 0.4) is 0 Å². The molecule has 3 rings (SSSR count). The summed E-state index contributed by atoms with van der Waals surface area (Å²) in [4.78, 5) is 17.3. The normalized spacial score (nSPS) is 10.9. The molecule has 0 aliphatic heterocycles. The Kier molecular flexibility index (Phi) is 11.9. The zero-order valence-electron chi connectivity index (χ0n) is 22.7. The van der Waals surface area contributed by atoms with Crippen LogP contribution < -0.4 is 14.8 Å². The second-order valence-electron chi connectivity index (χ2n) is 9.06. The maximum absolute atomic E-state index is 12.2. The van der Waals surface area contributed by atoms with Crippen molar-refractivity contribution in [1.29, 1.82) is 0 Å². The molecule has 0 saturated heterocycles. The highest BCUT2D eigenvalue weighted by Gasteiger charge is 2.20. The molecule has 0 unspecified atom stereocenters. The third-order valence-electron chi connectivity index (χ3n) is 6.24. The predicted octanol–water partition coefficient (Wildman–Crippen LogP) is 7.21. The number of aromatic nitrogens is 2. The minimum Gasteiger partial charge on any atom is -0.497 e. The van der Waals surface area contributed by atoms with E-state index < -0.39 is 0 Å². The van der Waals surface area contributed by atoms with Crippen molar-refractivity contribution in [3.8, 4) is 34.0 Å². The second-order valence-corrected chi connectivity index (χ2v) is 10.1. The van der Waals surface area contributed by atoms with Crippen LogP contribution in [-0.2, 0) is 11.3 Å². The van der Waals surface area contributed by atoms with Crippen molar-refractivity contribution in [2.45, 2.75) is 70.5 Å². The largest absolute Gasteiger partial charge is 0.497 e. The number of imidazole rings is 1. The van der Waals surface area contributed by atoms with Gasteiger partial charge in [0.2, 0.25) is 5.91 Å². The average Bonchev–Trinajstić information content (AvgIpc) is 3.29. The van der Waals surface area contributed by atoms with Gasteiger partial charge in [-0.05, 0) is 67.8 Å². The van der Waals surface area contributed by atoms with Crippen molar-refractivity contribution in [1.82, 2.24) is 14.9 Å². The number of nitrogens with one attached hydrogen (secondary N) is 1. The van der Waals surface area contributed by atoms with E-state index in [0.29, 0.717) is 6.42 Å². The van der Waals surface area contributed by atoms with E-state index in [-0.39, 0.29) is 5.91 Å². The fraction of sp³-hybridized carbons (Fsp3) is 0.467. The molecule has 0 radical (unpaired) electrons. The number of benzene rings is 2. The first-order valence-corrected chi connectivity index (χ1v) is 14.4. The summed E-state index contributed by atoms with van der Waals surface area (Å²) >= 11 is 1.73. The van der Waals surface area contributed by atoms with Crippen LogP contribution in [-0.4, -0.2) is 42.0 Å². The molecule has 1 N–H and O–H groups in total. The van der Waals surface area contributed by atoms with Gasteiger partial charge in [-0.1, -0.05) is 44.9 Å². The first-order valence-electron chi connectivity index (χ1n) is 13.4. The number of hydrogen-bond donors (Lipinski definition) is 1. The minimum atomic E-state index is 0.145. The molecule has 1 aromatic heterocycles. The van der Waals surface area contributed by atoms with Crippen LogP contribution in [0, 0.1) is 0 Å². The van der Waals surface area contributed by atoms with Crippen molar-refractivity contribution in [3.63, 3.8) is 0 Å².